The minimum absolute atomic E-state index is 0.122. The highest BCUT2D eigenvalue weighted by molar-refractivity contribution is 5.69. The Bertz CT molecular complexity index is 1080. The Morgan fingerprint density at radius 3 is 1.56 bits per heavy atom. The van der Waals surface area contributed by atoms with Gasteiger partial charge in [0.15, 0.2) is 6.29 Å². The largest absolute Gasteiger partial charge is 0.457 e. The molecule has 9 nitrogen and oxygen atoms in total. The third-order valence-corrected chi connectivity index (χ3v) is 10.7. The van der Waals surface area contributed by atoms with E-state index in [1.807, 2.05) is 0 Å². The van der Waals surface area contributed by atoms with Gasteiger partial charge in [-0.2, -0.15) is 0 Å². The highest BCUT2D eigenvalue weighted by atomic mass is 16.7. The van der Waals surface area contributed by atoms with Crippen molar-refractivity contribution < 1.29 is 44.2 Å². The molecule has 342 valence electrons. The molecule has 0 radical (unpaired) electrons. The zero-order valence-electron chi connectivity index (χ0n) is 37.5. The molecule has 0 aromatic heterocycles. The number of carbonyl (C=O) groups is 1. The lowest BCUT2D eigenvalue weighted by atomic mass is 9.99. The van der Waals surface area contributed by atoms with E-state index < -0.39 is 43.4 Å². The topological polar surface area (TPSA) is 135 Å². The van der Waals surface area contributed by atoms with Gasteiger partial charge in [-0.15, -0.1) is 0 Å². The number of allylic oxidation sites excluding steroid dienone is 10. The molecule has 9 heteroatoms. The first-order valence-corrected chi connectivity index (χ1v) is 23.9. The van der Waals surface area contributed by atoms with Crippen molar-refractivity contribution in [3.8, 4) is 0 Å². The van der Waals surface area contributed by atoms with E-state index in [2.05, 4.69) is 74.6 Å². The predicted molar refractivity (Wildman–Crippen MR) is 242 cm³/mol. The van der Waals surface area contributed by atoms with Crippen molar-refractivity contribution in [3.05, 3.63) is 60.8 Å². The van der Waals surface area contributed by atoms with E-state index in [1.165, 1.54) is 96.3 Å². The third-order valence-electron chi connectivity index (χ3n) is 10.7. The molecule has 1 rings (SSSR count). The number of unbranched alkanes of at least 4 members (excludes halogenated alkanes) is 19. The van der Waals surface area contributed by atoms with Crippen molar-refractivity contribution in [3.63, 3.8) is 0 Å². The minimum atomic E-state index is -1.54. The Kier molecular flexibility index (Phi) is 38.4. The summed E-state index contributed by atoms with van der Waals surface area (Å²) in [6, 6.07) is 0. The molecule has 6 atom stereocenters. The first-order chi connectivity index (χ1) is 28.9. The smallest absolute Gasteiger partial charge is 0.306 e. The second kappa shape index (κ2) is 41.3. The quantitative estimate of drug-likeness (QED) is 0.0270. The average molecular weight is 833 g/mol. The van der Waals surface area contributed by atoms with Crippen LogP contribution in [0.25, 0.3) is 0 Å². The monoisotopic (exact) mass is 833 g/mol. The standard InChI is InChI=1S/C50H88O9/c1-3-5-7-9-11-13-15-17-19-21-22-24-26-28-30-32-34-36-38-40-56-42-44(43-57-50-49(55)48(54)47(53)45(41-51)59-50)58-46(52)39-37-35-33-31-29-27-25-23-20-18-16-14-12-10-8-6-4-2/h6,8,12-15,18-21,44-45,47-51,53-55H,3-5,7,9-11,16-17,22-43H2,1-2H3/b8-6-,14-12-,15-13-,20-18-,21-19-. The van der Waals surface area contributed by atoms with Crippen molar-refractivity contribution in [1.82, 2.24) is 0 Å². The Hall–Kier alpha value is -2.11. The fraction of sp³-hybridized carbons (Fsp3) is 0.780. The van der Waals surface area contributed by atoms with Gasteiger partial charge >= 0.3 is 5.97 Å². The number of esters is 1. The van der Waals surface area contributed by atoms with Crippen molar-refractivity contribution in [1.29, 1.82) is 0 Å². The molecule has 1 saturated heterocycles. The van der Waals surface area contributed by atoms with E-state index in [-0.39, 0.29) is 19.2 Å². The Labute approximate surface area is 360 Å². The summed E-state index contributed by atoms with van der Waals surface area (Å²) < 4.78 is 22.8. The highest BCUT2D eigenvalue weighted by Gasteiger charge is 2.44. The maximum Gasteiger partial charge on any atom is 0.306 e. The molecular formula is C50H88O9. The van der Waals surface area contributed by atoms with Crippen LogP contribution in [-0.2, 0) is 23.7 Å². The van der Waals surface area contributed by atoms with Crippen LogP contribution in [0.3, 0.4) is 0 Å². The molecule has 4 N–H and O–H groups in total. The summed E-state index contributed by atoms with van der Waals surface area (Å²) in [5, 5.41) is 40.2. The van der Waals surface area contributed by atoms with E-state index in [1.54, 1.807) is 0 Å². The number of carbonyl (C=O) groups excluding carboxylic acids is 1. The number of hydrogen-bond donors (Lipinski definition) is 4. The van der Waals surface area contributed by atoms with Gasteiger partial charge < -0.3 is 39.4 Å². The maximum absolute atomic E-state index is 12.8. The molecule has 1 aliphatic rings. The normalized spacial score (nSPS) is 20.7. The van der Waals surface area contributed by atoms with Crippen LogP contribution >= 0.6 is 0 Å². The summed E-state index contributed by atoms with van der Waals surface area (Å²) in [7, 11) is 0. The van der Waals surface area contributed by atoms with Gasteiger partial charge in [0.05, 0.1) is 19.8 Å². The molecule has 1 heterocycles. The lowest BCUT2D eigenvalue weighted by molar-refractivity contribution is -0.305. The van der Waals surface area contributed by atoms with Gasteiger partial charge in [-0.1, -0.05) is 164 Å². The number of hydrogen-bond acceptors (Lipinski definition) is 9. The summed E-state index contributed by atoms with van der Waals surface area (Å²) in [5.74, 6) is -0.327. The number of ether oxygens (including phenoxy) is 4. The van der Waals surface area contributed by atoms with Crippen molar-refractivity contribution in [2.24, 2.45) is 0 Å². The van der Waals surface area contributed by atoms with Crippen LogP contribution in [0, 0.1) is 0 Å². The van der Waals surface area contributed by atoms with Gasteiger partial charge in [0.25, 0.3) is 0 Å². The first kappa shape index (κ1) is 54.9. The fourth-order valence-corrected chi connectivity index (χ4v) is 6.95. The fourth-order valence-electron chi connectivity index (χ4n) is 6.95. The van der Waals surface area contributed by atoms with Crippen LogP contribution in [0.2, 0.25) is 0 Å². The number of aliphatic hydroxyl groups excluding tert-OH is 4. The summed E-state index contributed by atoms with van der Waals surface area (Å²) in [6.07, 6.45) is 45.3. The number of rotatable bonds is 40. The molecular weight excluding hydrogens is 745 g/mol. The summed E-state index contributed by atoms with van der Waals surface area (Å²) in [5.41, 5.74) is 0. The van der Waals surface area contributed by atoms with Gasteiger partial charge in [-0.25, -0.2) is 0 Å². The third kappa shape index (κ3) is 32.3. The summed E-state index contributed by atoms with van der Waals surface area (Å²) in [4.78, 5) is 12.8. The molecule has 0 saturated carbocycles. The molecule has 6 unspecified atom stereocenters. The Morgan fingerprint density at radius 2 is 1.03 bits per heavy atom. The first-order valence-electron chi connectivity index (χ1n) is 23.9. The number of aliphatic hydroxyl groups is 4. The van der Waals surface area contributed by atoms with E-state index >= 15 is 0 Å². The molecule has 0 aliphatic carbocycles. The van der Waals surface area contributed by atoms with E-state index in [0.29, 0.717) is 13.0 Å². The van der Waals surface area contributed by atoms with E-state index in [4.69, 9.17) is 18.9 Å². The zero-order valence-corrected chi connectivity index (χ0v) is 37.5. The minimum Gasteiger partial charge on any atom is -0.457 e. The van der Waals surface area contributed by atoms with Gasteiger partial charge in [0.2, 0.25) is 0 Å². The Balaban J connectivity index is 2.25. The molecule has 0 amide bonds. The van der Waals surface area contributed by atoms with Crippen LogP contribution < -0.4 is 0 Å². The van der Waals surface area contributed by atoms with Gasteiger partial charge in [0.1, 0.15) is 30.5 Å². The lowest BCUT2D eigenvalue weighted by Crippen LogP contribution is -2.59. The second-order valence-electron chi connectivity index (χ2n) is 16.2. The van der Waals surface area contributed by atoms with Crippen LogP contribution in [0.15, 0.2) is 60.8 Å². The molecule has 0 spiro atoms. The second-order valence-corrected chi connectivity index (χ2v) is 16.2. The van der Waals surface area contributed by atoms with Crippen LogP contribution in [0.4, 0.5) is 0 Å². The SMILES string of the molecule is CC/C=C\C/C=C\C/C=C\CCCCCCCCCC(=O)OC(COCCCCCCCCCC/C=C\C/C=C\CCCCCC)COC1OC(CO)C(O)C(O)C1O. The van der Waals surface area contributed by atoms with Gasteiger partial charge in [-0.05, 0) is 77.0 Å². The van der Waals surface area contributed by atoms with Crippen molar-refractivity contribution >= 4 is 5.97 Å². The van der Waals surface area contributed by atoms with Crippen LogP contribution in [0.5, 0.6) is 0 Å². The van der Waals surface area contributed by atoms with Crippen LogP contribution in [-0.4, -0.2) is 89.6 Å². The zero-order chi connectivity index (χ0) is 42.9. The molecule has 0 bridgehead atoms. The molecule has 0 aromatic carbocycles. The highest BCUT2D eigenvalue weighted by Crippen LogP contribution is 2.22. The van der Waals surface area contributed by atoms with Gasteiger partial charge in [0, 0.05) is 13.0 Å². The molecule has 1 fully saturated rings. The maximum atomic E-state index is 12.8. The molecule has 0 aromatic rings. The predicted octanol–water partition coefficient (Wildman–Crippen LogP) is 11.1. The van der Waals surface area contributed by atoms with Gasteiger partial charge in [-0.3, -0.25) is 4.79 Å². The summed E-state index contributed by atoms with van der Waals surface area (Å²) >= 11 is 0. The molecule has 59 heavy (non-hydrogen) atoms. The lowest BCUT2D eigenvalue weighted by Gasteiger charge is -2.39. The summed E-state index contributed by atoms with van der Waals surface area (Å²) in [6.45, 7) is 4.41. The molecule has 1 aliphatic heterocycles. The van der Waals surface area contributed by atoms with E-state index in [9.17, 15) is 25.2 Å². The van der Waals surface area contributed by atoms with E-state index in [0.717, 1.165) is 70.6 Å². The average Bonchev–Trinajstić information content (AvgIpc) is 3.24. The van der Waals surface area contributed by atoms with Crippen molar-refractivity contribution in [2.75, 3.05) is 26.4 Å². The Morgan fingerprint density at radius 1 is 0.559 bits per heavy atom. The van der Waals surface area contributed by atoms with Crippen LogP contribution in [0.1, 0.15) is 187 Å². The van der Waals surface area contributed by atoms with Crippen molar-refractivity contribution in [2.45, 2.75) is 224 Å².